The predicted molar refractivity (Wildman–Crippen MR) is 141 cm³/mol. The second kappa shape index (κ2) is 15.1. The van der Waals surface area contributed by atoms with Crippen molar-refractivity contribution in [2.75, 3.05) is 0 Å². The van der Waals surface area contributed by atoms with Crippen LogP contribution in [0.3, 0.4) is 0 Å². The number of rotatable bonds is 12. The molecule has 0 heterocycles. The molecule has 0 spiro atoms. The topological polar surface area (TPSA) is 65.0 Å². The molecule has 0 rings (SSSR count). The summed E-state index contributed by atoms with van der Waals surface area (Å²) in [5.41, 5.74) is 0. The van der Waals surface area contributed by atoms with Gasteiger partial charge in [0.2, 0.25) is 0 Å². The lowest BCUT2D eigenvalue weighted by atomic mass is 10.0. The zero-order valence-electron chi connectivity index (χ0n) is 18.0. The first kappa shape index (κ1) is 39.7. The van der Waals surface area contributed by atoms with Crippen molar-refractivity contribution in [3.8, 4) is 0 Å². The van der Waals surface area contributed by atoms with Crippen LogP contribution in [-0.4, -0.2) is 44.8 Å². The second-order valence-corrected chi connectivity index (χ2v) is 26.1. The summed E-state index contributed by atoms with van der Waals surface area (Å²) in [6.45, 7) is 21.6. The molecule has 2 atom stereocenters. The van der Waals surface area contributed by atoms with Crippen molar-refractivity contribution in [1.29, 1.82) is 0 Å². The molecule has 0 aliphatic heterocycles. The molecule has 0 aromatic rings. The monoisotopic (exact) mass is 488 g/mol. The van der Waals surface area contributed by atoms with Gasteiger partial charge in [0.1, 0.15) is 0 Å². The molecule has 0 saturated heterocycles. The molecular weight excluding hydrogens is 433 g/mol. The summed E-state index contributed by atoms with van der Waals surface area (Å²) >= 11 is 0. The standard InChI is InChI=1S/C16H40O5Si4.4CH4/c1-15(14-16(17)18)12-11-13-25(10,20-23(5,6)7)21-24(8,9)19-22(2,3)4;;;;/h15H,11-14H2,1-10H3,(H,17,18);4*1H4. The molecule has 29 heavy (non-hydrogen) atoms. The van der Waals surface area contributed by atoms with Gasteiger partial charge in [0.05, 0.1) is 0 Å². The van der Waals surface area contributed by atoms with Gasteiger partial charge in [-0.2, -0.15) is 0 Å². The van der Waals surface area contributed by atoms with Crippen molar-refractivity contribution in [1.82, 2.24) is 0 Å². The molecule has 0 aliphatic rings. The van der Waals surface area contributed by atoms with E-state index in [9.17, 15) is 4.79 Å². The van der Waals surface area contributed by atoms with Crippen LogP contribution in [0.4, 0.5) is 0 Å². The Labute approximate surface area is 188 Å². The maximum atomic E-state index is 10.8. The summed E-state index contributed by atoms with van der Waals surface area (Å²) in [7, 11) is -8.01. The summed E-state index contributed by atoms with van der Waals surface area (Å²) in [5.74, 6) is -0.537. The van der Waals surface area contributed by atoms with Crippen LogP contribution in [0.5, 0.6) is 0 Å². The minimum atomic E-state index is -2.35. The smallest absolute Gasteiger partial charge is 0.315 e. The highest BCUT2D eigenvalue weighted by Gasteiger charge is 2.44. The highest BCUT2D eigenvalue weighted by Crippen LogP contribution is 2.29. The lowest BCUT2D eigenvalue weighted by Crippen LogP contribution is -2.56. The molecule has 0 aromatic carbocycles. The van der Waals surface area contributed by atoms with Crippen LogP contribution in [0, 0.1) is 5.92 Å². The van der Waals surface area contributed by atoms with Crippen molar-refractivity contribution in [3.05, 3.63) is 0 Å². The fourth-order valence-electron chi connectivity index (χ4n) is 3.22. The highest BCUT2D eigenvalue weighted by molar-refractivity contribution is 6.89. The van der Waals surface area contributed by atoms with Gasteiger partial charge in [-0.05, 0) is 70.9 Å². The Hall–Kier alpha value is 0.218. The Morgan fingerprint density at radius 3 is 1.55 bits per heavy atom. The van der Waals surface area contributed by atoms with Crippen LogP contribution >= 0.6 is 0 Å². The van der Waals surface area contributed by atoms with E-state index < -0.39 is 39.7 Å². The number of carbonyl (C=O) groups is 1. The zero-order valence-corrected chi connectivity index (χ0v) is 22.0. The van der Waals surface area contributed by atoms with Crippen LogP contribution in [0.25, 0.3) is 0 Å². The van der Waals surface area contributed by atoms with Crippen molar-refractivity contribution < 1.29 is 22.2 Å². The first-order chi connectivity index (χ1) is 10.9. The van der Waals surface area contributed by atoms with Gasteiger partial charge in [0, 0.05) is 6.42 Å². The number of hydrogen-bond donors (Lipinski definition) is 1. The fraction of sp³-hybridized carbons (Fsp3) is 0.950. The third-order valence-electron chi connectivity index (χ3n) is 3.39. The molecule has 9 heteroatoms. The van der Waals surface area contributed by atoms with Crippen molar-refractivity contribution in [2.24, 2.45) is 5.92 Å². The van der Waals surface area contributed by atoms with E-state index in [1.54, 1.807) is 0 Å². The summed E-state index contributed by atoms with van der Waals surface area (Å²) in [4.78, 5) is 10.8. The molecular formula is C20H56O5Si4. The molecule has 1 N–H and O–H groups in total. The SMILES string of the molecule is C.C.C.C.CC(CCC[Si](C)(O[Si](C)(C)C)O[Si](C)(C)O[Si](C)(C)C)CC(=O)O. The van der Waals surface area contributed by atoms with E-state index in [2.05, 4.69) is 58.9 Å². The average Bonchev–Trinajstić information content (AvgIpc) is 2.18. The molecule has 0 fully saturated rings. The largest absolute Gasteiger partial charge is 0.481 e. The average molecular weight is 489 g/mol. The Kier molecular flexibility index (Phi) is 20.6. The van der Waals surface area contributed by atoms with Gasteiger partial charge in [0.25, 0.3) is 0 Å². The van der Waals surface area contributed by atoms with Gasteiger partial charge in [-0.1, -0.05) is 49.5 Å². The van der Waals surface area contributed by atoms with Gasteiger partial charge in [-0.15, -0.1) is 0 Å². The Morgan fingerprint density at radius 1 is 0.793 bits per heavy atom. The number of aliphatic carboxylic acids is 1. The molecule has 5 nitrogen and oxygen atoms in total. The lowest BCUT2D eigenvalue weighted by Gasteiger charge is -2.41. The van der Waals surface area contributed by atoms with E-state index in [4.69, 9.17) is 17.5 Å². The molecule has 0 aliphatic carbocycles. The Morgan fingerprint density at radius 2 is 1.21 bits per heavy atom. The summed E-state index contributed by atoms with van der Waals surface area (Å²) in [5, 5.41) is 8.91. The lowest BCUT2D eigenvalue weighted by molar-refractivity contribution is -0.138. The molecule has 2 unspecified atom stereocenters. The maximum Gasteiger partial charge on any atom is 0.315 e. The number of carboxylic acids is 1. The Bertz CT molecular complexity index is 434. The third kappa shape index (κ3) is 22.7. The highest BCUT2D eigenvalue weighted by atomic mass is 28.5. The Balaban J connectivity index is -0.000000480. The summed E-state index contributed by atoms with van der Waals surface area (Å²) < 4.78 is 19.5. The normalized spacial score (nSPS) is 14.8. The van der Waals surface area contributed by atoms with E-state index in [0.29, 0.717) is 0 Å². The van der Waals surface area contributed by atoms with E-state index in [-0.39, 0.29) is 42.0 Å². The van der Waals surface area contributed by atoms with E-state index in [0.717, 1.165) is 18.9 Å². The number of carboxylic acid groups (broad SMARTS) is 1. The fourth-order valence-corrected chi connectivity index (χ4v) is 21.2. The number of hydrogen-bond acceptors (Lipinski definition) is 4. The van der Waals surface area contributed by atoms with E-state index in [1.165, 1.54) is 0 Å². The minimum Gasteiger partial charge on any atom is -0.481 e. The summed E-state index contributed by atoms with van der Waals surface area (Å²) in [6, 6.07) is 0.896. The summed E-state index contributed by atoms with van der Waals surface area (Å²) in [6.07, 6.45) is 2.07. The maximum absolute atomic E-state index is 10.8. The first-order valence-electron chi connectivity index (χ1n) is 9.25. The second-order valence-electron chi connectivity index (χ2n) is 9.66. The van der Waals surface area contributed by atoms with Gasteiger partial charge < -0.3 is 17.5 Å². The van der Waals surface area contributed by atoms with Crippen LogP contribution in [-0.2, 0) is 17.1 Å². The van der Waals surface area contributed by atoms with Crippen LogP contribution in [0.1, 0.15) is 55.9 Å². The third-order valence-corrected chi connectivity index (χ3v) is 16.9. The zero-order chi connectivity index (χ0) is 20.1. The van der Waals surface area contributed by atoms with Gasteiger partial charge in [-0.25, -0.2) is 0 Å². The van der Waals surface area contributed by atoms with E-state index >= 15 is 0 Å². The predicted octanol–water partition coefficient (Wildman–Crippen LogP) is 7.92. The van der Waals surface area contributed by atoms with Crippen molar-refractivity contribution >= 4 is 39.7 Å². The van der Waals surface area contributed by atoms with Crippen molar-refractivity contribution in [3.63, 3.8) is 0 Å². The van der Waals surface area contributed by atoms with E-state index in [1.807, 2.05) is 6.92 Å². The van der Waals surface area contributed by atoms with Gasteiger partial charge in [0.15, 0.2) is 16.6 Å². The molecule has 0 radical (unpaired) electrons. The molecule has 182 valence electrons. The van der Waals surface area contributed by atoms with Gasteiger partial charge in [-0.3, -0.25) is 4.79 Å². The van der Waals surface area contributed by atoms with Crippen LogP contribution < -0.4 is 0 Å². The van der Waals surface area contributed by atoms with Gasteiger partial charge >= 0.3 is 23.1 Å². The molecule has 0 amide bonds. The van der Waals surface area contributed by atoms with Crippen LogP contribution in [0.2, 0.25) is 65.0 Å². The van der Waals surface area contributed by atoms with Crippen LogP contribution in [0.15, 0.2) is 0 Å². The molecule has 0 saturated carbocycles. The van der Waals surface area contributed by atoms with Crippen molar-refractivity contribution in [2.45, 2.75) is 121 Å². The first-order valence-corrected chi connectivity index (χ1v) is 21.4. The molecule has 0 aromatic heterocycles. The minimum absolute atomic E-state index is 0. The molecule has 0 bridgehead atoms. The quantitative estimate of drug-likeness (QED) is 0.283.